The molecule has 2 N–H and O–H groups in total. The number of anilines is 1. The van der Waals surface area contributed by atoms with E-state index in [1.807, 2.05) is 31.2 Å². The predicted molar refractivity (Wildman–Crippen MR) is 106 cm³/mol. The van der Waals surface area contributed by atoms with Crippen LogP contribution in [0, 0.1) is 0 Å². The lowest BCUT2D eigenvalue weighted by molar-refractivity contribution is 0.0735. The number of benzene rings is 2. The van der Waals surface area contributed by atoms with Crippen molar-refractivity contribution >= 4 is 17.5 Å². The Morgan fingerprint density at radius 1 is 1.04 bits per heavy atom. The quantitative estimate of drug-likeness (QED) is 0.716. The van der Waals surface area contributed by atoms with Crippen molar-refractivity contribution in [3.8, 4) is 0 Å². The summed E-state index contributed by atoms with van der Waals surface area (Å²) in [5.74, 6) is -0.519. The summed E-state index contributed by atoms with van der Waals surface area (Å²) >= 11 is 0. The number of carbonyl (C=O) groups excluding carboxylic acids is 2. The lowest BCUT2D eigenvalue weighted by atomic mass is 10.1. The Morgan fingerprint density at radius 3 is 2.46 bits per heavy atom. The zero-order valence-corrected chi connectivity index (χ0v) is 15.5. The monoisotopic (exact) mass is 376 g/mol. The highest BCUT2D eigenvalue weighted by molar-refractivity contribution is 6.04. The number of aromatic amines is 1. The van der Waals surface area contributed by atoms with Gasteiger partial charge in [0, 0.05) is 24.4 Å². The summed E-state index contributed by atoms with van der Waals surface area (Å²) in [6.45, 7) is 1.88. The molecule has 7 heteroatoms. The van der Waals surface area contributed by atoms with Crippen molar-refractivity contribution in [3.63, 3.8) is 0 Å². The van der Waals surface area contributed by atoms with Gasteiger partial charge in [0.25, 0.3) is 17.4 Å². The first kappa shape index (κ1) is 19.0. The van der Waals surface area contributed by atoms with E-state index in [4.69, 9.17) is 0 Å². The van der Waals surface area contributed by atoms with E-state index in [1.165, 1.54) is 17.0 Å². The number of H-pyrrole nitrogens is 1. The van der Waals surface area contributed by atoms with Crippen LogP contribution in [-0.2, 0) is 0 Å². The Balaban J connectivity index is 1.75. The predicted octanol–water partition coefficient (Wildman–Crippen LogP) is 2.86. The highest BCUT2D eigenvalue weighted by Gasteiger charge is 2.20. The second kappa shape index (κ2) is 8.30. The molecular formula is C21H20N4O3. The summed E-state index contributed by atoms with van der Waals surface area (Å²) in [4.78, 5) is 37.6. The van der Waals surface area contributed by atoms with Crippen molar-refractivity contribution < 1.29 is 9.59 Å². The fourth-order valence-corrected chi connectivity index (χ4v) is 2.71. The molecular weight excluding hydrogens is 356 g/mol. The van der Waals surface area contributed by atoms with Crippen LogP contribution in [0.3, 0.4) is 0 Å². The summed E-state index contributed by atoms with van der Waals surface area (Å²) < 4.78 is 0. The van der Waals surface area contributed by atoms with Crippen LogP contribution in [-0.4, -0.2) is 34.0 Å². The van der Waals surface area contributed by atoms with Crippen LogP contribution in [0.2, 0.25) is 0 Å². The van der Waals surface area contributed by atoms with E-state index >= 15 is 0 Å². The number of carbonyl (C=O) groups is 2. The van der Waals surface area contributed by atoms with Gasteiger partial charge in [-0.2, -0.15) is 5.10 Å². The van der Waals surface area contributed by atoms with E-state index < -0.39 is 0 Å². The molecule has 7 nitrogen and oxygen atoms in total. The second-order valence-electron chi connectivity index (χ2n) is 6.34. The van der Waals surface area contributed by atoms with Gasteiger partial charge in [0.05, 0.1) is 6.04 Å². The van der Waals surface area contributed by atoms with Crippen LogP contribution in [0.15, 0.2) is 71.5 Å². The van der Waals surface area contributed by atoms with Crippen LogP contribution >= 0.6 is 0 Å². The van der Waals surface area contributed by atoms with Crippen LogP contribution in [0.5, 0.6) is 0 Å². The molecule has 1 aromatic heterocycles. The molecule has 2 amide bonds. The Hall–Kier alpha value is -3.74. The standard InChI is InChI=1S/C21H20N4O3/c1-14(25(2)21(28)18-11-12-19(26)24-23-18)16-9-6-10-17(13-16)22-20(27)15-7-4-3-5-8-15/h3-14H,1-2H3,(H,22,27)(H,24,26). The summed E-state index contributed by atoms with van der Waals surface area (Å²) in [6.07, 6.45) is 0. The minimum Gasteiger partial charge on any atom is -0.334 e. The molecule has 142 valence electrons. The van der Waals surface area contributed by atoms with Gasteiger partial charge < -0.3 is 10.2 Å². The van der Waals surface area contributed by atoms with E-state index in [1.54, 1.807) is 37.4 Å². The first-order valence-corrected chi connectivity index (χ1v) is 8.75. The molecule has 0 aliphatic heterocycles. The van der Waals surface area contributed by atoms with E-state index in [0.29, 0.717) is 11.3 Å². The smallest absolute Gasteiger partial charge is 0.274 e. The van der Waals surface area contributed by atoms with E-state index in [-0.39, 0.29) is 29.1 Å². The van der Waals surface area contributed by atoms with Gasteiger partial charge in [-0.1, -0.05) is 30.3 Å². The molecule has 0 aliphatic carbocycles. The second-order valence-corrected chi connectivity index (χ2v) is 6.34. The molecule has 0 radical (unpaired) electrons. The summed E-state index contributed by atoms with van der Waals surface area (Å²) in [6, 6.07) is 18.7. The van der Waals surface area contributed by atoms with Gasteiger partial charge in [-0.3, -0.25) is 14.4 Å². The Bertz CT molecular complexity index is 1030. The molecule has 3 rings (SSSR count). The van der Waals surface area contributed by atoms with Crippen LogP contribution < -0.4 is 10.9 Å². The Labute approximate surface area is 162 Å². The van der Waals surface area contributed by atoms with Crippen molar-refractivity contribution in [2.45, 2.75) is 13.0 Å². The molecule has 1 unspecified atom stereocenters. The highest BCUT2D eigenvalue weighted by atomic mass is 16.2. The third-order valence-electron chi connectivity index (χ3n) is 4.46. The lowest BCUT2D eigenvalue weighted by Gasteiger charge is -2.25. The van der Waals surface area contributed by atoms with Gasteiger partial charge in [0.15, 0.2) is 0 Å². The summed E-state index contributed by atoms with van der Waals surface area (Å²) in [5, 5.41) is 8.91. The van der Waals surface area contributed by atoms with Crippen molar-refractivity contribution in [1.82, 2.24) is 15.1 Å². The number of nitrogens with zero attached hydrogens (tertiary/aromatic N) is 2. The minimum absolute atomic E-state index is 0.155. The maximum Gasteiger partial charge on any atom is 0.274 e. The molecule has 3 aromatic rings. The van der Waals surface area contributed by atoms with E-state index in [9.17, 15) is 14.4 Å². The number of aromatic nitrogens is 2. The molecule has 0 bridgehead atoms. The Kier molecular flexibility index (Phi) is 5.64. The largest absolute Gasteiger partial charge is 0.334 e. The molecule has 1 heterocycles. The topological polar surface area (TPSA) is 95.2 Å². The first-order chi connectivity index (χ1) is 13.5. The van der Waals surface area contributed by atoms with E-state index in [2.05, 4.69) is 15.5 Å². The van der Waals surface area contributed by atoms with Crippen molar-refractivity contribution in [1.29, 1.82) is 0 Å². The van der Waals surface area contributed by atoms with Gasteiger partial charge in [-0.05, 0) is 42.8 Å². The summed E-state index contributed by atoms with van der Waals surface area (Å²) in [5.41, 5.74) is 1.85. The van der Waals surface area contributed by atoms with Crippen LogP contribution in [0.4, 0.5) is 5.69 Å². The van der Waals surface area contributed by atoms with Gasteiger partial charge in [-0.25, -0.2) is 5.10 Å². The third kappa shape index (κ3) is 4.32. The fraction of sp³-hybridized carbons (Fsp3) is 0.143. The molecule has 0 saturated carbocycles. The van der Waals surface area contributed by atoms with Crippen molar-refractivity contribution in [2.75, 3.05) is 12.4 Å². The third-order valence-corrected chi connectivity index (χ3v) is 4.46. The van der Waals surface area contributed by atoms with Crippen LogP contribution in [0.25, 0.3) is 0 Å². The number of hydrogen-bond donors (Lipinski definition) is 2. The van der Waals surface area contributed by atoms with Gasteiger partial charge in [-0.15, -0.1) is 0 Å². The van der Waals surface area contributed by atoms with Gasteiger partial charge in [0.1, 0.15) is 5.69 Å². The minimum atomic E-state index is -0.367. The zero-order chi connectivity index (χ0) is 20.1. The maximum absolute atomic E-state index is 12.6. The molecule has 28 heavy (non-hydrogen) atoms. The van der Waals surface area contributed by atoms with Gasteiger partial charge in [0.2, 0.25) is 0 Å². The average molecular weight is 376 g/mol. The fourth-order valence-electron chi connectivity index (χ4n) is 2.71. The number of rotatable bonds is 5. The molecule has 0 aliphatic rings. The average Bonchev–Trinajstić information content (AvgIpc) is 2.73. The molecule has 2 aromatic carbocycles. The number of hydrogen-bond acceptors (Lipinski definition) is 4. The Morgan fingerprint density at radius 2 is 1.79 bits per heavy atom. The molecule has 0 spiro atoms. The number of nitrogens with one attached hydrogen (secondary N) is 2. The SMILES string of the molecule is CC(c1cccc(NC(=O)c2ccccc2)c1)N(C)C(=O)c1ccc(=O)[nH]n1. The molecule has 0 saturated heterocycles. The summed E-state index contributed by atoms with van der Waals surface area (Å²) in [7, 11) is 1.66. The first-order valence-electron chi connectivity index (χ1n) is 8.75. The zero-order valence-electron chi connectivity index (χ0n) is 15.5. The van der Waals surface area contributed by atoms with Crippen LogP contribution in [0.1, 0.15) is 39.4 Å². The lowest BCUT2D eigenvalue weighted by Crippen LogP contribution is -2.31. The molecule has 0 fully saturated rings. The van der Waals surface area contributed by atoms with Crippen molar-refractivity contribution in [2.24, 2.45) is 0 Å². The van der Waals surface area contributed by atoms with Gasteiger partial charge >= 0.3 is 0 Å². The van der Waals surface area contributed by atoms with E-state index in [0.717, 1.165) is 5.56 Å². The normalized spacial score (nSPS) is 11.5. The highest BCUT2D eigenvalue weighted by Crippen LogP contribution is 2.23. The molecule has 1 atom stereocenters. The maximum atomic E-state index is 12.6. The van der Waals surface area contributed by atoms with Crippen molar-refractivity contribution in [3.05, 3.63) is 93.9 Å². The number of amides is 2.